The van der Waals surface area contributed by atoms with E-state index in [0.717, 1.165) is 65.1 Å². The minimum atomic E-state index is -0.0652. The summed E-state index contributed by atoms with van der Waals surface area (Å²) in [5, 5.41) is 16.1. The van der Waals surface area contributed by atoms with Crippen molar-refractivity contribution in [1.29, 1.82) is 0 Å². The van der Waals surface area contributed by atoms with E-state index in [1.807, 2.05) is 40.1 Å². The number of hydrogen-bond acceptors (Lipinski definition) is 6. The highest BCUT2D eigenvalue weighted by Crippen LogP contribution is 2.35. The number of aromatic nitrogens is 1. The van der Waals surface area contributed by atoms with E-state index in [4.69, 9.17) is 4.98 Å². The summed E-state index contributed by atoms with van der Waals surface area (Å²) in [5.74, 6) is 0.500. The van der Waals surface area contributed by atoms with Crippen molar-refractivity contribution in [3.8, 4) is 10.6 Å². The predicted octanol–water partition coefficient (Wildman–Crippen LogP) is 5.36. The van der Waals surface area contributed by atoms with Gasteiger partial charge in [-0.3, -0.25) is 9.69 Å². The maximum Gasteiger partial charge on any atom is 0.320 e. The number of nitrogens with one attached hydrogen (secondary N) is 1. The normalized spacial score (nSPS) is 21.1. The monoisotopic (exact) mass is 589 g/mol. The molecule has 3 amide bonds. The molecule has 0 spiro atoms. The number of piperazine rings is 1. The molecule has 2 aliphatic heterocycles. The zero-order valence-electron chi connectivity index (χ0n) is 24.6. The fourth-order valence-electron chi connectivity index (χ4n) is 7.09. The first-order chi connectivity index (χ1) is 20.5. The number of aliphatic hydroxyl groups is 1. The van der Waals surface area contributed by atoms with Gasteiger partial charge in [-0.1, -0.05) is 43.5 Å². The molecule has 4 heterocycles. The Labute approximate surface area is 252 Å². The van der Waals surface area contributed by atoms with Gasteiger partial charge in [-0.05, 0) is 56.0 Å². The standard InChI is InChI=1S/C33H43N5O3S/c1-23(24-9-3-2-4-10-24)34-32(40)30-26-12-5-6-13-28(26)35-31(29-14-8-20-42-29)27(30)21-36-16-18-37(19-17-36)33(41)38-15-7-11-25(38)22-39/h5-6,8,12-14,20,23-25,39H,2-4,7,9-11,15-19,21-22H2,1H3,(H,34,40). The number of nitrogens with zero attached hydrogens (tertiary/aromatic N) is 4. The van der Waals surface area contributed by atoms with E-state index in [1.54, 1.807) is 11.3 Å². The Kier molecular flexibility index (Phi) is 9.07. The van der Waals surface area contributed by atoms with Crippen LogP contribution in [-0.2, 0) is 6.54 Å². The second-order valence-corrected chi connectivity index (χ2v) is 13.1. The number of likely N-dealkylation sites (tertiary alicyclic amines) is 1. The van der Waals surface area contributed by atoms with Crippen LogP contribution < -0.4 is 5.32 Å². The van der Waals surface area contributed by atoms with Crippen LogP contribution in [0.15, 0.2) is 41.8 Å². The Morgan fingerprint density at radius 2 is 1.79 bits per heavy atom. The smallest absolute Gasteiger partial charge is 0.320 e. The number of carbonyl (C=O) groups excluding carboxylic acids is 2. The molecule has 2 atom stereocenters. The van der Waals surface area contributed by atoms with E-state index < -0.39 is 0 Å². The van der Waals surface area contributed by atoms with Crippen molar-refractivity contribution >= 4 is 34.2 Å². The summed E-state index contributed by atoms with van der Waals surface area (Å²) in [7, 11) is 0. The quantitative estimate of drug-likeness (QED) is 0.388. The lowest BCUT2D eigenvalue weighted by atomic mass is 9.84. The van der Waals surface area contributed by atoms with Gasteiger partial charge in [0.05, 0.1) is 34.3 Å². The highest BCUT2D eigenvalue weighted by Gasteiger charge is 2.33. The van der Waals surface area contributed by atoms with Gasteiger partial charge < -0.3 is 20.2 Å². The summed E-state index contributed by atoms with van der Waals surface area (Å²) in [6.07, 6.45) is 7.93. The molecule has 2 N–H and O–H groups in total. The Bertz CT molecular complexity index is 1380. The Morgan fingerprint density at radius 3 is 2.52 bits per heavy atom. The molecule has 42 heavy (non-hydrogen) atoms. The van der Waals surface area contributed by atoms with Crippen molar-refractivity contribution in [3.63, 3.8) is 0 Å². The van der Waals surface area contributed by atoms with Crippen LogP contribution >= 0.6 is 11.3 Å². The molecule has 1 aliphatic carbocycles. The molecule has 1 aromatic carbocycles. The van der Waals surface area contributed by atoms with Crippen LogP contribution in [0, 0.1) is 5.92 Å². The van der Waals surface area contributed by atoms with Gasteiger partial charge in [-0.15, -0.1) is 11.3 Å². The van der Waals surface area contributed by atoms with Crippen LogP contribution in [0.25, 0.3) is 21.5 Å². The van der Waals surface area contributed by atoms with Gasteiger partial charge >= 0.3 is 6.03 Å². The first-order valence-electron chi connectivity index (χ1n) is 15.7. The molecule has 2 saturated heterocycles. The molecule has 0 bridgehead atoms. The number of pyridine rings is 1. The summed E-state index contributed by atoms with van der Waals surface area (Å²) >= 11 is 1.65. The first kappa shape index (κ1) is 29.1. The van der Waals surface area contributed by atoms with Gasteiger partial charge in [-0.25, -0.2) is 9.78 Å². The summed E-state index contributed by atoms with van der Waals surface area (Å²) in [5.41, 5.74) is 3.40. The third kappa shape index (κ3) is 6.05. The summed E-state index contributed by atoms with van der Waals surface area (Å²) in [6.45, 7) is 6.20. The molecule has 2 aromatic heterocycles. The number of thiophene rings is 1. The number of aliphatic hydroxyl groups excluding tert-OH is 1. The second-order valence-electron chi connectivity index (χ2n) is 12.2. The van der Waals surface area contributed by atoms with Gasteiger partial charge in [0.2, 0.25) is 0 Å². The number of carbonyl (C=O) groups is 2. The number of para-hydroxylation sites is 1. The molecule has 6 rings (SSSR count). The van der Waals surface area contributed by atoms with Crippen LogP contribution in [0.3, 0.4) is 0 Å². The Morgan fingerprint density at radius 1 is 1.00 bits per heavy atom. The molecule has 224 valence electrons. The van der Waals surface area contributed by atoms with Gasteiger partial charge in [0.1, 0.15) is 0 Å². The lowest BCUT2D eigenvalue weighted by Gasteiger charge is -2.38. The molecule has 3 aromatic rings. The van der Waals surface area contributed by atoms with Crippen molar-refractivity contribution in [2.24, 2.45) is 5.92 Å². The van der Waals surface area contributed by atoms with E-state index in [9.17, 15) is 14.7 Å². The first-order valence-corrected chi connectivity index (χ1v) is 16.6. The predicted molar refractivity (Wildman–Crippen MR) is 168 cm³/mol. The van der Waals surface area contributed by atoms with Crippen LogP contribution in [0.5, 0.6) is 0 Å². The Balaban J connectivity index is 1.28. The molecule has 9 heteroatoms. The van der Waals surface area contributed by atoms with Crippen molar-refractivity contribution < 1.29 is 14.7 Å². The molecule has 1 saturated carbocycles. The highest BCUT2D eigenvalue weighted by molar-refractivity contribution is 7.13. The van der Waals surface area contributed by atoms with Crippen LogP contribution in [0.2, 0.25) is 0 Å². The van der Waals surface area contributed by atoms with E-state index in [0.29, 0.717) is 25.6 Å². The van der Waals surface area contributed by atoms with Gasteiger partial charge in [0, 0.05) is 56.3 Å². The topological polar surface area (TPSA) is 89.0 Å². The average Bonchev–Trinajstić information content (AvgIpc) is 3.74. The molecule has 2 unspecified atom stereocenters. The fourth-order valence-corrected chi connectivity index (χ4v) is 7.83. The third-order valence-electron chi connectivity index (χ3n) is 9.55. The van der Waals surface area contributed by atoms with E-state index in [1.165, 1.54) is 32.1 Å². The highest BCUT2D eigenvalue weighted by atomic mass is 32.1. The zero-order chi connectivity index (χ0) is 29.1. The molecule has 3 fully saturated rings. The largest absolute Gasteiger partial charge is 0.394 e. The number of urea groups is 1. The van der Waals surface area contributed by atoms with Crippen molar-refractivity contribution in [1.82, 2.24) is 25.0 Å². The van der Waals surface area contributed by atoms with Crippen molar-refractivity contribution in [2.75, 3.05) is 39.3 Å². The zero-order valence-corrected chi connectivity index (χ0v) is 25.5. The molecule has 0 radical (unpaired) electrons. The average molecular weight is 590 g/mol. The minimum Gasteiger partial charge on any atom is -0.394 e. The molecule has 8 nitrogen and oxygen atoms in total. The molecular weight excluding hydrogens is 546 g/mol. The number of rotatable bonds is 7. The fraction of sp³-hybridized carbons (Fsp3) is 0.545. The molecular formula is C33H43N5O3S. The maximum atomic E-state index is 14.2. The van der Waals surface area contributed by atoms with E-state index in [-0.39, 0.29) is 30.6 Å². The number of fused-ring (bicyclic) bond motifs is 1. The third-order valence-corrected chi connectivity index (χ3v) is 10.4. The maximum absolute atomic E-state index is 14.2. The van der Waals surface area contributed by atoms with Crippen LogP contribution in [0.4, 0.5) is 4.79 Å². The summed E-state index contributed by atoms with van der Waals surface area (Å²) in [6, 6.07) is 12.2. The molecule has 3 aliphatic rings. The lowest BCUT2D eigenvalue weighted by Crippen LogP contribution is -2.54. The second kappa shape index (κ2) is 13.1. The van der Waals surface area contributed by atoms with Crippen LogP contribution in [-0.4, -0.2) is 88.1 Å². The number of hydrogen-bond donors (Lipinski definition) is 2. The number of benzene rings is 1. The number of amides is 3. The van der Waals surface area contributed by atoms with E-state index in [2.05, 4.69) is 28.6 Å². The summed E-state index contributed by atoms with van der Waals surface area (Å²) < 4.78 is 0. The van der Waals surface area contributed by atoms with Crippen LogP contribution in [0.1, 0.15) is 67.8 Å². The van der Waals surface area contributed by atoms with Gasteiger partial charge in [0.25, 0.3) is 5.91 Å². The van der Waals surface area contributed by atoms with Gasteiger partial charge in [0.15, 0.2) is 0 Å². The van der Waals surface area contributed by atoms with Crippen molar-refractivity contribution in [2.45, 2.75) is 70.5 Å². The lowest BCUT2D eigenvalue weighted by molar-refractivity contribution is 0.0912. The summed E-state index contributed by atoms with van der Waals surface area (Å²) in [4.78, 5) is 39.7. The SMILES string of the molecule is CC(NC(=O)c1c(CN2CCN(C(=O)N3CCCC3CO)CC2)c(-c2cccs2)nc2ccccc12)C1CCCCC1. The minimum absolute atomic E-state index is 0.0163. The Hall–Kier alpha value is -3.01. The van der Waals surface area contributed by atoms with Gasteiger partial charge in [-0.2, -0.15) is 0 Å². The van der Waals surface area contributed by atoms with Crippen molar-refractivity contribution in [3.05, 3.63) is 52.9 Å². The van der Waals surface area contributed by atoms with E-state index >= 15 is 0 Å².